The van der Waals surface area contributed by atoms with Gasteiger partial charge in [-0.05, 0) is 102 Å². The molecule has 1 aliphatic carbocycles. The smallest absolute Gasteiger partial charge is 0.255 e. The first kappa shape index (κ1) is 22.9. The molecule has 0 N–H and O–H groups in total. The van der Waals surface area contributed by atoms with Gasteiger partial charge in [-0.2, -0.15) is 0 Å². The molecule has 4 rings (SSSR count). The molecule has 5 heteroatoms. The van der Waals surface area contributed by atoms with E-state index in [9.17, 15) is 4.79 Å². The Bertz CT molecular complexity index is 879. The number of nitrogens with zero attached hydrogens (tertiary/aromatic N) is 4. The lowest BCUT2D eigenvalue weighted by atomic mass is 9.94. The molecule has 2 aliphatic rings. The van der Waals surface area contributed by atoms with E-state index in [1.807, 2.05) is 19.1 Å². The lowest BCUT2D eigenvalue weighted by Gasteiger charge is -2.38. The molecule has 1 aromatic carbocycles. The van der Waals surface area contributed by atoms with Gasteiger partial charge in [-0.3, -0.25) is 14.7 Å². The zero-order valence-corrected chi connectivity index (χ0v) is 20.0. The van der Waals surface area contributed by atoms with Crippen LogP contribution in [0.5, 0.6) is 0 Å². The summed E-state index contributed by atoms with van der Waals surface area (Å²) < 4.78 is 0. The van der Waals surface area contributed by atoms with Gasteiger partial charge in [0.2, 0.25) is 0 Å². The Morgan fingerprint density at radius 1 is 1.03 bits per heavy atom. The number of aryl methyl sites for hydroxylation is 1. The number of hydrogen-bond acceptors (Lipinski definition) is 4. The van der Waals surface area contributed by atoms with Crippen molar-refractivity contribution >= 4 is 5.91 Å². The highest BCUT2D eigenvalue weighted by Gasteiger charge is 2.31. The van der Waals surface area contributed by atoms with E-state index >= 15 is 0 Å². The number of likely N-dealkylation sites (tertiary alicyclic amines) is 1. The Balaban J connectivity index is 1.34. The summed E-state index contributed by atoms with van der Waals surface area (Å²) in [5.41, 5.74) is 4.64. The van der Waals surface area contributed by atoms with Gasteiger partial charge in [-0.25, -0.2) is 0 Å². The highest BCUT2D eigenvalue weighted by molar-refractivity contribution is 5.95. The number of fused-ring (bicyclic) bond motifs is 1. The topological polar surface area (TPSA) is 39.7 Å². The molecule has 0 spiro atoms. The van der Waals surface area contributed by atoms with E-state index in [-0.39, 0.29) is 5.91 Å². The molecular formula is C27H38N4O. The zero-order chi connectivity index (χ0) is 22.5. The molecule has 0 bridgehead atoms. The van der Waals surface area contributed by atoms with Crippen LogP contribution in [-0.4, -0.2) is 78.5 Å². The van der Waals surface area contributed by atoms with Crippen molar-refractivity contribution in [2.24, 2.45) is 5.92 Å². The Kier molecular flexibility index (Phi) is 7.59. The van der Waals surface area contributed by atoms with Gasteiger partial charge in [0, 0.05) is 31.0 Å². The van der Waals surface area contributed by atoms with Gasteiger partial charge < -0.3 is 9.80 Å². The second-order valence-corrected chi connectivity index (χ2v) is 9.85. The molecule has 1 aliphatic heterocycles. The quantitative estimate of drug-likeness (QED) is 0.636. The highest BCUT2D eigenvalue weighted by atomic mass is 16.2. The molecule has 32 heavy (non-hydrogen) atoms. The number of pyridine rings is 1. The minimum Gasteiger partial charge on any atom is -0.338 e. The van der Waals surface area contributed by atoms with Crippen molar-refractivity contribution in [2.45, 2.75) is 45.1 Å². The average molecular weight is 435 g/mol. The van der Waals surface area contributed by atoms with Gasteiger partial charge in [0.05, 0.1) is 5.56 Å². The third-order valence-corrected chi connectivity index (χ3v) is 7.23. The number of amides is 1. The first-order chi connectivity index (χ1) is 15.5. The molecule has 1 aromatic heterocycles. The monoisotopic (exact) mass is 434 g/mol. The minimum atomic E-state index is 0.142. The SMILES string of the molecule is Cc1ncccc1C(=O)N(CCCN(C)C)CC1CCN(C2Cc3ccccc3C2)CC1. The van der Waals surface area contributed by atoms with Gasteiger partial charge in [0.1, 0.15) is 0 Å². The van der Waals surface area contributed by atoms with Gasteiger partial charge in [-0.1, -0.05) is 24.3 Å². The van der Waals surface area contributed by atoms with Crippen molar-refractivity contribution < 1.29 is 4.79 Å². The summed E-state index contributed by atoms with van der Waals surface area (Å²) >= 11 is 0. The number of carbonyl (C=O) groups is 1. The summed E-state index contributed by atoms with van der Waals surface area (Å²) in [6.07, 6.45) is 7.50. The Morgan fingerprint density at radius 2 is 1.72 bits per heavy atom. The standard InChI is InChI=1S/C27H38N4O/c1-21-26(10-6-13-28-21)27(32)31(15-7-14-29(2)3)20-22-11-16-30(17-12-22)25-18-23-8-4-5-9-24(23)19-25/h4-6,8-10,13,22,25H,7,11-12,14-20H2,1-3H3. The van der Waals surface area contributed by atoms with Crippen molar-refractivity contribution in [1.82, 2.24) is 19.7 Å². The van der Waals surface area contributed by atoms with Crippen molar-refractivity contribution in [1.29, 1.82) is 0 Å². The largest absolute Gasteiger partial charge is 0.338 e. The second-order valence-electron chi connectivity index (χ2n) is 9.85. The van der Waals surface area contributed by atoms with E-state index < -0.39 is 0 Å². The first-order valence-corrected chi connectivity index (χ1v) is 12.2. The molecule has 2 heterocycles. The van der Waals surface area contributed by atoms with Crippen LogP contribution >= 0.6 is 0 Å². The number of hydrogen-bond donors (Lipinski definition) is 0. The summed E-state index contributed by atoms with van der Waals surface area (Å²) in [5, 5.41) is 0. The minimum absolute atomic E-state index is 0.142. The van der Waals surface area contributed by atoms with E-state index in [2.05, 4.69) is 58.0 Å². The van der Waals surface area contributed by atoms with Gasteiger partial charge in [0.25, 0.3) is 5.91 Å². The van der Waals surface area contributed by atoms with Crippen LogP contribution in [-0.2, 0) is 12.8 Å². The van der Waals surface area contributed by atoms with Crippen LogP contribution in [0.3, 0.4) is 0 Å². The second kappa shape index (κ2) is 10.6. The fourth-order valence-electron chi connectivity index (χ4n) is 5.34. The van der Waals surface area contributed by atoms with Crippen molar-refractivity contribution in [3.05, 3.63) is 65.0 Å². The predicted octanol–water partition coefficient (Wildman–Crippen LogP) is 3.66. The molecule has 0 radical (unpaired) electrons. The molecular weight excluding hydrogens is 396 g/mol. The van der Waals surface area contributed by atoms with E-state index in [4.69, 9.17) is 0 Å². The molecule has 2 aromatic rings. The average Bonchev–Trinajstić information content (AvgIpc) is 3.23. The van der Waals surface area contributed by atoms with Crippen LogP contribution in [0.25, 0.3) is 0 Å². The number of benzene rings is 1. The molecule has 0 atom stereocenters. The highest BCUT2D eigenvalue weighted by Crippen LogP contribution is 2.29. The van der Waals surface area contributed by atoms with E-state index in [1.54, 1.807) is 6.20 Å². The number of carbonyl (C=O) groups excluding carboxylic acids is 1. The Morgan fingerprint density at radius 3 is 2.34 bits per heavy atom. The third-order valence-electron chi connectivity index (χ3n) is 7.23. The molecule has 0 unspecified atom stereocenters. The summed E-state index contributed by atoms with van der Waals surface area (Å²) in [7, 11) is 4.18. The first-order valence-electron chi connectivity index (χ1n) is 12.2. The predicted molar refractivity (Wildman–Crippen MR) is 130 cm³/mol. The van der Waals surface area contributed by atoms with Gasteiger partial charge >= 0.3 is 0 Å². The van der Waals surface area contributed by atoms with E-state index in [0.29, 0.717) is 12.0 Å². The summed E-state index contributed by atoms with van der Waals surface area (Å²) in [6.45, 7) is 6.90. The van der Waals surface area contributed by atoms with Crippen molar-refractivity contribution in [2.75, 3.05) is 46.8 Å². The van der Waals surface area contributed by atoms with Crippen LogP contribution < -0.4 is 0 Å². The molecule has 1 saturated heterocycles. The number of rotatable bonds is 8. The maximum absolute atomic E-state index is 13.4. The van der Waals surface area contributed by atoms with Crippen LogP contribution in [0.1, 0.15) is 46.4 Å². The molecule has 5 nitrogen and oxygen atoms in total. The van der Waals surface area contributed by atoms with Crippen LogP contribution in [0, 0.1) is 12.8 Å². The fraction of sp³-hybridized carbons (Fsp3) is 0.556. The van der Waals surface area contributed by atoms with Gasteiger partial charge in [-0.15, -0.1) is 0 Å². The molecule has 1 fully saturated rings. The Labute approximate surface area is 193 Å². The fourth-order valence-corrected chi connectivity index (χ4v) is 5.34. The molecule has 0 saturated carbocycles. The summed E-state index contributed by atoms with van der Waals surface area (Å²) in [4.78, 5) is 24.7. The number of piperidine rings is 1. The lowest BCUT2D eigenvalue weighted by molar-refractivity contribution is 0.0660. The van der Waals surface area contributed by atoms with Crippen molar-refractivity contribution in [3.63, 3.8) is 0 Å². The van der Waals surface area contributed by atoms with Crippen molar-refractivity contribution in [3.8, 4) is 0 Å². The molecule has 172 valence electrons. The van der Waals surface area contributed by atoms with E-state index in [1.165, 1.54) is 36.8 Å². The maximum atomic E-state index is 13.4. The lowest BCUT2D eigenvalue weighted by Crippen LogP contribution is -2.45. The third kappa shape index (κ3) is 5.57. The molecule has 1 amide bonds. The summed E-state index contributed by atoms with van der Waals surface area (Å²) in [5.74, 6) is 0.721. The van der Waals surface area contributed by atoms with Crippen LogP contribution in [0.2, 0.25) is 0 Å². The number of aromatic nitrogens is 1. The van der Waals surface area contributed by atoms with Crippen LogP contribution in [0.4, 0.5) is 0 Å². The summed E-state index contributed by atoms with van der Waals surface area (Å²) in [6, 6.07) is 13.4. The van der Waals surface area contributed by atoms with Gasteiger partial charge in [0.15, 0.2) is 0 Å². The van der Waals surface area contributed by atoms with Crippen LogP contribution in [0.15, 0.2) is 42.6 Å². The van der Waals surface area contributed by atoms with E-state index in [0.717, 1.165) is 50.4 Å². The maximum Gasteiger partial charge on any atom is 0.255 e. The Hall–Kier alpha value is -2.24. The normalized spacial score (nSPS) is 17.6. The zero-order valence-electron chi connectivity index (χ0n) is 20.0.